The highest BCUT2D eigenvalue weighted by Gasteiger charge is 2.30. The number of hydrogen-bond acceptors (Lipinski definition) is 3. The Morgan fingerprint density at radius 2 is 2.26 bits per heavy atom. The molecule has 1 saturated carbocycles. The van der Waals surface area contributed by atoms with Crippen molar-refractivity contribution in [3.05, 3.63) is 29.3 Å². The van der Waals surface area contributed by atoms with Crippen LogP contribution >= 0.6 is 0 Å². The van der Waals surface area contributed by atoms with Crippen LogP contribution in [0.1, 0.15) is 48.5 Å². The van der Waals surface area contributed by atoms with Gasteiger partial charge in [0.25, 0.3) is 0 Å². The molecule has 0 radical (unpaired) electrons. The molecule has 1 fully saturated rings. The first-order chi connectivity index (χ1) is 9.17. The van der Waals surface area contributed by atoms with Gasteiger partial charge in [-0.3, -0.25) is 0 Å². The minimum Gasteiger partial charge on any atom is -0.478 e. The zero-order valence-electron chi connectivity index (χ0n) is 11.1. The van der Waals surface area contributed by atoms with Gasteiger partial charge in [0.2, 0.25) is 0 Å². The molecule has 0 aromatic heterocycles. The minimum absolute atomic E-state index is 0.173. The molecule has 100 valence electrons. The molecule has 19 heavy (non-hydrogen) atoms. The van der Waals surface area contributed by atoms with Crippen molar-refractivity contribution in [1.29, 1.82) is 5.26 Å². The summed E-state index contributed by atoms with van der Waals surface area (Å²) in [6, 6.07) is 7.48. The first-order valence-electron chi connectivity index (χ1n) is 6.71. The summed E-state index contributed by atoms with van der Waals surface area (Å²) in [4.78, 5) is 13.2. The number of nitriles is 1. The average Bonchev–Trinajstić information content (AvgIpc) is 3.23. The predicted octanol–water partition coefficient (Wildman–Crippen LogP) is 3.03. The van der Waals surface area contributed by atoms with E-state index in [1.54, 1.807) is 12.1 Å². The Kier molecular flexibility index (Phi) is 4.06. The average molecular weight is 258 g/mol. The van der Waals surface area contributed by atoms with Crippen molar-refractivity contribution < 1.29 is 9.90 Å². The summed E-state index contributed by atoms with van der Waals surface area (Å²) in [5, 5.41) is 18.2. The van der Waals surface area contributed by atoms with Crippen molar-refractivity contribution in [2.24, 2.45) is 0 Å². The van der Waals surface area contributed by atoms with Gasteiger partial charge >= 0.3 is 5.97 Å². The van der Waals surface area contributed by atoms with Gasteiger partial charge in [0, 0.05) is 12.6 Å². The van der Waals surface area contributed by atoms with Crippen molar-refractivity contribution in [2.75, 3.05) is 11.4 Å². The van der Waals surface area contributed by atoms with Gasteiger partial charge in [0.15, 0.2) is 0 Å². The summed E-state index contributed by atoms with van der Waals surface area (Å²) in [5.74, 6) is -0.991. The standard InChI is InChI=1S/C15H18N2O2/c1-2-3-8-17(13-5-6-13)14-7-4-11(15(18)19)9-12(14)10-16/h4,7,9,13H,2-3,5-6,8H2,1H3,(H,18,19). The Morgan fingerprint density at radius 1 is 1.53 bits per heavy atom. The van der Waals surface area contributed by atoms with Crippen LogP contribution in [-0.4, -0.2) is 23.7 Å². The molecule has 1 aliphatic rings. The lowest BCUT2D eigenvalue weighted by molar-refractivity contribution is 0.0697. The van der Waals surface area contributed by atoms with Crippen LogP contribution in [-0.2, 0) is 0 Å². The van der Waals surface area contributed by atoms with Gasteiger partial charge in [0.05, 0.1) is 16.8 Å². The normalized spacial score (nSPS) is 13.9. The van der Waals surface area contributed by atoms with E-state index in [0.717, 1.165) is 37.9 Å². The first kappa shape index (κ1) is 13.4. The molecule has 1 aliphatic carbocycles. The summed E-state index contributed by atoms with van der Waals surface area (Å²) >= 11 is 0. The molecular formula is C15H18N2O2. The summed E-state index contributed by atoms with van der Waals surface area (Å²) in [7, 11) is 0. The number of rotatable bonds is 6. The largest absolute Gasteiger partial charge is 0.478 e. The third kappa shape index (κ3) is 3.05. The van der Waals surface area contributed by atoms with Gasteiger partial charge in [0.1, 0.15) is 6.07 Å². The second-order valence-corrected chi connectivity index (χ2v) is 4.93. The number of carbonyl (C=O) groups is 1. The molecule has 4 heteroatoms. The molecule has 0 unspecified atom stereocenters. The molecule has 1 aromatic carbocycles. The topological polar surface area (TPSA) is 64.3 Å². The Balaban J connectivity index is 2.31. The van der Waals surface area contributed by atoms with Crippen molar-refractivity contribution in [1.82, 2.24) is 0 Å². The third-order valence-corrected chi connectivity index (χ3v) is 3.41. The number of anilines is 1. The van der Waals surface area contributed by atoms with E-state index in [2.05, 4.69) is 17.9 Å². The molecule has 0 spiro atoms. The van der Waals surface area contributed by atoms with E-state index in [9.17, 15) is 10.1 Å². The number of nitrogens with zero attached hydrogens (tertiary/aromatic N) is 2. The molecule has 0 aliphatic heterocycles. The van der Waals surface area contributed by atoms with E-state index in [1.165, 1.54) is 6.07 Å². The van der Waals surface area contributed by atoms with Crippen LogP contribution in [0.4, 0.5) is 5.69 Å². The summed E-state index contributed by atoms with van der Waals surface area (Å²) < 4.78 is 0. The van der Waals surface area contributed by atoms with Gasteiger partial charge in [-0.25, -0.2) is 4.79 Å². The molecule has 2 rings (SSSR count). The molecule has 0 amide bonds. The van der Waals surface area contributed by atoms with Crippen molar-refractivity contribution in [3.8, 4) is 6.07 Å². The molecule has 4 nitrogen and oxygen atoms in total. The van der Waals surface area contributed by atoms with Crippen LogP contribution in [0.15, 0.2) is 18.2 Å². The lowest BCUT2D eigenvalue weighted by Crippen LogP contribution is -2.27. The molecule has 1 N–H and O–H groups in total. The van der Waals surface area contributed by atoms with Crippen LogP contribution in [0.2, 0.25) is 0 Å². The van der Waals surface area contributed by atoms with Gasteiger partial charge in [-0.2, -0.15) is 5.26 Å². The van der Waals surface area contributed by atoms with Gasteiger partial charge in [-0.1, -0.05) is 13.3 Å². The Morgan fingerprint density at radius 3 is 2.79 bits per heavy atom. The highest BCUT2D eigenvalue weighted by Crippen LogP contribution is 2.34. The van der Waals surface area contributed by atoms with E-state index >= 15 is 0 Å². The molecule has 1 aromatic rings. The number of carboxylic acid groups (broad SMARTS) is 1. The van der Waals surface area contributed by atoms with Crippen LogP contribution in [0.25, 0.3) is 0 Å². The zero-order chi connectivity index (χ0) is 13.8. The minimum atomic E-state index is -0.991. The molecular weight excluding hydrogens is 240 g/mol. The lowest BCUT2D eigenvalue weighted by atomic mass is 10.1. The van der Waals surface area contributed by atoms with Crippen LogP contribution in [0, 0.1) is 11.3 Å². The fraction of sp³-hybridized carbons (Fsp3) is 0.467. The van der Waals surface area contributed by atoms with E-state index < -0.39 is 5.97 Å². The molecule has 0 saturated heterocycles. The first-order valence-corrected chi connectivity index (χ1v) is 6.71. The quantitative estimate of drug-likeness (QED) is 0.851. The Labute approximate surface area is 113 Å². The smallest absolute Gasteiger partial charge is 0.335 e. The number of hydrogen-bond donors (Lipinski definition) is 1. The third-order valence-electron chi connectivity index (χ3n) is 3.41. The van der Waals surface area contributed by atoms with Crippen molar-refractivity contribution >= 4 is 11.7 Å². The maximum Gasteiger partial charge on any atom is 0.335 e. The number of aromatic carboxylic acids is 1. The zero-order valence-corrected chi connectivity index (χ0v) is 11.1. The van der Waals surface area contributed by atoms with Crippen LogP contribution in [0.3, 0.4) is 0 Å². The molecule has 0 atom stereocenters. The van der Waals surface area contributed by atoms with E-state index in [0.29, 0.717) is 11.6 Å². The highest BCUT2D eigenvalue weighted by molar-refractivity contribution is 5.89. The maximum absolute atomic E-state index is 10.9. The second-order valence-electron chi connectivity index (χ2n) is 4.93. The van der Waals surface area contributed by atoms with Crippen LogP contribution in [0.5, 0.6) is 0 Å². The van der Waals surface area contributed by atoms with Gasteiger partial charge in [-0.05, 0) is 37.5 Å². The molecule has 0 heterocycles. The number of benzene rings is 1. The molecule has 0 bridgehead atoms. The second kappa shape index (κ2) is 5.75. The summed E-state index contributed by atoms with van der Waals surface area (Å²) in [5.41, 5.74) is 1.51. The Bertz CT molecular complexity index is 515. The van der Waals surface area contributed by atoms with E-state index in [4.69, 9.17) is 5.11 Å². The lowest BCUT2D eigenvalue weighted by Gasteiger charge is -2.25. The fourth-order valence-corrected chi connectivity index (χ4v) is 2.22. The fourth-order valence-electron chi connectivity index (χ4n) is 2.22. The van der Waals surface area contributed by atoms with Crippen molar-refractivity contribution in [2.45, 2.75) is 38.6 Å². The van der Waals surface area contributed by atoms with E-state index in [-0.39, 0.29) is 5.56 Å². The summed E-state index contributed by atoms with van der Waals surface area (Å²) in [6.45, 7) is 3.08. The van der Waals surface area contributed by atoms with Crippen molar-refractivity contribution in [3.63, 3.8) is 0 Å². The van der Waals surface area contributed by atoms with Gasteiger partial charge < -0.3 is 10.0 Å². The summed E-state index contributed by atoms with van der Waals surface area (Å²) in [6.07, 6.45) is 4.52. The van der Waals surface area contributed by atoms with Crippen LogP contribution < -0.4 is 4.90 Å². The monoisotopic (exact) mass is 258 g/mol. The van der Waals surface area contributed by atoms with Gasteiger partial charge in [-0.15, -0.1) is 0 Å². The SMILES string of the molecule is CCCCN(c1ccc(C(=O)O)cc1C#N)C1CC1. The highest BCUT2D eigenvalue weighted by atomic mass is 16.4. The number of unbranched alkanes of at least 4 members (excludes halogenated alkanes) is 1. The maximum atomic E-state index is 10.9. The predicted molar refractivity (Wildman–Crippen MR) is 73.4 cm³/mol. The number of carboxylic acids is 1. The Hall–Kier alpha value is -2.02. The van der Waals surface area contributed by atoms with E-state index in [1.807, 2.05) is 0 Å².